The molecule has 0 aromatic heterocycles. The third kappa shape index (κ3) is 6.95. The van der Waals surface area contributed by atoms with Crippen molar-refractivity contribution in [2.45, 2.75) is 26.2 Å². The number of hydrogen-bond donors (Lipinski definition) is 1. The second-order valence-corrected chi connectivity index (χ2v) is 8.38. The summed E-state index contributed by atoms with van der Waals surface area (Å²) in [4.78, 5) is 50.6. The highest BCUT2D eigenvalue weighted by Crippen LogP contribution is 2.35. The van der Waals surface area contributed by atoms with Crippen molar-refractivity contribution in [3.8, 4) is 5.75 Å². The lowest BCUT2D eigenvalue weighted by molar-refractivity contribution is -0.151. The fraction of sp³-hybridized carbons (Fsp3) is 0.360. The summed E-state index contributed by atoms with van der Waals surface area (Å²) in [6.45, 7) is 1.94. The van der Waals surface area contributed by atoms with Gasteiger partial charge in [0, 0.05) is 23.7 Å². The van der Waals surface area contributed by atoms with Gasteiger partial charge in [0.2, 0.25) is 5.91 Å². The van der Waals surface area contributed by atoms with Crippen molar-refractivity contribution in [2.75, 3.05) is 37.1 Å². The van der Waals surface area contributed by atoms with Crippen LogP contribution in [0.2, 0.25) is 5.02 Å². The van der Waals surface area contributed by atoms with Crippen LogP contribution in [0, 0.1) is 5.92 Å². The van der Waals surface area contributed by atoms with Crippen molar-refractivity contribution in [3.63, 3.8) is 0 Å². The van der Waals surface area contributed by atoms with Gasteiger partial charge < -0.3 is 24.4 Å². The van der Waals surface area contributed by atoms with E-state index in [2.05, 4.69) is 5.32 Å². The predicted molar refractivity (Wildman–Crippen MR) is 130 cm³/mol. The molecule has 0 bridgehead atoms. The molecule has 1 aliphatic rings. The molecule has 1 saturated heterocycles. The molecule has 2 aromatic carbocycles. The quantitative estimate of drug-likeness (QED) is 0.388. The number of nitrogens with zero attached hydrogens (tertiary/aromatic N) is 1. The Balaban J connectivity index is 1.49. The van der Waals surface area contributed by atoms with Crippen molar-refractivity contribution in [3.05, 3.63) is 53.1 Å². The number of ether oxygens (including phenoxy) is 3. The maximum atomic E-state index is 12.5. The minimum Gasteiger partial charge on any atom is -0.495 e. The van der Waals surface area contributed by atoms with E-state index in [1.807, 2.05) is 6.92 Å². The van der Waals surface area contributed by atoms with Gasteiger partial charge in [-0.3, -0.25) is 14.4 Å². The van der Waals surface area contributed by atoms with Gasteiger partial charge in [-0.25, -0.2) is 4.79 Å². The van der Waals surface area contributed by atoms with Crippen molar-refractivity contribution < 1.29 is 33.4 Å². The average Bonchev–Trinajstić information content (AvgIpc) is 3.24. The Kier molecular flexibility index (Phi) is 9.08. The lowest BCUT2D eigenvalue weighted by Gasteiger charge is -2.19. The zero-order valence-electron chi connectivity index (χ0n) is 19.5. The Morgan fingerprint density at radius 1 is 1.11 bits per heavy atom. The maximum Gasteiger partial charge on any atom is 0.338 e. The number of benzene rings is 2. The molecule has 10 heteroatoms. The monoisotopic (exact) mass is 502 g/mol. The van der Waals surface area contributed by atoms with Crippen LogP contribution in [0.4, 0.5) is 11.4 Å². The molecule has 9 nitrogen and oxygen atoms in total. The van der Waals surface area contributed by atoms with E-state index < -0.39 is 30.4 Å². The molecule has 0 saturated carbocycles. The number of nitrogens with one attached hydrogen (secondary N) is 1. The fourth-order valence-electron chi connectivity index (χ4n) is 3.51. The minimum atomic E-state index is -0.725. The van der Waals surface area contributed by atoms with Gasteiger partial charge in [0.05, 0.1) is 30.9 Å². The van der Waals surface area contributed by atoms with Crippen LogP contribution in [0.25, 0.3) is 0 Å². The summed E-state index contributed by atoms with van der Waals surface area (Å²) >= 11 is 6.05. The van der Waals surface area contributed by atoms with Crippen LogP contribution in [0.3, 0.4) is 0 Å². The summed E-state index contributed by atoms with van der Waals surface area (Å²) in [5.74, 6) is -2.17. The predicted octanol–water partition coefficient (Wildman–Crippen LogP) is 3.84. The van der Waals surface area contributed by atoms with E-state index in [4.69, 9.17) is 25.8 Å². The Morgan fingerprint density at radius 3 is 2.54 bits per heavy atom. The van der Waals surface area contributed by atoms with Crippen LogP contribution in [0.1, 0.15) is 36.5 Å². The number of carbonyl (C=O) groups is 4. The molecule has 1 N–H and O–H groups in total. The summed E-state index contributed by atoms with van der Waals surface area (Å²) in [6, 6.07) is 11.1. The minimum absolute atomic E-state index is 0.0497. The first-order chi connectivity index (χ1) is 16.8. The van der Waals surface area contributed by atoms with E-state index in [0.717, 1.165) is 12.8 Å². The van der Waals surface area contributed by atoms with Gasteiger partial charge in [-0.1, -0.05) is 24.9 Å². The first kappa shape index (κ1) is 26.0. The maximum absolute atomic E-state index is 12.5. The highest BCUT2D eigenvalue weighted by atomic mass is 35.5. The number of carbonyl (C=O) groups excluding carboxylic acids is 4. The standard InChI is InChI=1S/C25H27ClN2O7/c1-3-4-11-34-24(31)16-5-8-19(9-6-16)27-22(29)15-35-25(32)17-12-23(30)28(14-17)20-13-18(26)7-10-21(20)33-2/h5-10,13,17H,3-4,11-12,14-15H2,1-2H3,(H,27,29)/t17-/m0/s1. The van der Waals surface area contributed by atoms with Crippen molar-refractivity contribution >= 4 is 46.7 Å². The molecule has 1 aliphatic heterocycles. The number of unbranched alkanes of at least 4 members (excludes halogenated alkanes) is 1. The van der Waals surface area contributed by atoms with Crippen molar-refractivity contribution in [1.29, 1.82) is 0 Å². The summed E-state index contributed by atoms with van der Waals surface area (Å²) in [5, 5.41) is 3.02. The SMILES string of the molecule is CCCCOC(=O)c1ccc(NC(=O)COC(=O)[C@H]2CC(=O)N(c3cc(Cl)ccc3OC)C2)cc1. The fourth-order valence-corrected chi connectivity index (χ4v) is 3.67. The molecule has 1 heterocycles. The molecule has 35 heavy (non-hydrogen) atoms. The highest BCUT2D eigenvalue weighted by molar-refractivity contribution is 6.31. The molecule has 2 aromatic rings. The smallest absolute Gasteiger partial charge is 0.338 e. The van der Waals surface area contributed by atoms with E-state index in [9.17, 15) is 19.2 Å². The third-order valence-corrected chi connectivity index (χ3v) is 5.61. The normalized spacial score (nSPS) is 15.0. The molecular weight excluding hydrogens is 476 g/mol. The summed E-state index contributed by atoms with van der Waals surface area (Å²) in [5.41, 5.74) is 1.28. The van der Waals surface area contributed by atoms with E-state index in [1.165, 1.54) is 12.0 Å². The summed E-state index contributed by atoms with van der Waals surface area (Å²) in [7, 11) is 1.48. The number of hydrogen-bond acceptors (Lipinski definition) is 7. The number of amides is 2. The molecule has 0 spiro atoms. The second-order valence-electron chi connectivity index (χ2n) is 7.94. The van der Waals surface area contributed by atoms with Gasteiger partial charge in [-0.2, -0.15) is 0 Å². The van der Waals surface area contributed by atoms with Crippen molar-refractivity contribution in [1.82, 2.24) is 0 Å². The molecule has 0 unspecified atom stereocenters. The topological polar surface area (TPSA) is 111 Å². The summed E-state index contributed by atoms with van der Waals surface area (Å²) in [6.07, 6.45) is 1.67. The van der Waals surface area contributed by atoms with Crippen LogP contribution >= 0.6 is 11.6 Å². The molecule has 3 rings (SSSR count). The van der Waals surface area contributed by atoms with E-state index in [-0.39, 0.29) is 18.9 Å². The first-order valence-electron chi connectivity index (χ1n) is 11.2. The zero-order valence-corrected chi connectivity index (χ0v) is 20.3. The van der Waals surface area contributed by atoms with Crippen LogP contribution < -0.4 is 15.0 Å². The largest absolute Gasteiger partial charge is 0.495 e. The van der Waals surface area contributed by atoms with Gasteiger partial charge in [0.15, 0.2) is 6.61 Å². The van der Waals surface area contributed by atoms with Gasteiger partial charge in [-0.05, 0) is 48.9 Å². The van der Waals surface area contributed by atoms with E-state index in [0.29, 0.717) is 34.3 Å². The van der Waals surface area contributed by atoms with Crippen LogP contribution in [-0.2, 0) is 23.9 Å². The van der Waals surface area contributed by atoms with Gasteiger partial charge in [0.25, 0.3) is 5.91 Å². The molecule has 1 atom stereocenters. The van der Waals surface area contributed by atoms with E-state index >= 15 is 0 Å². The van der Waals surface area contributed by atoms with Gasteiger partial charge in [-0.15, -0.1) is 0 Å². The molecule has 2 amide bonds. The Labute approximate surface area is 208 Å². The highest BCUT2D eigenvalue weighted by Gasteiger charge is 2.37. The molecule has 0 aliphatic carbocycles. The lowest BCUT2D eigenvalue weighted by Crippen LogP contribution is -2.28. The Bertz CT molecular complexity index is 1090. The van der Waals surface area contributed by atoms with Crippen LogP contribution in [0.15, 0.2) is 42.5 Å². The molecule has 186 valence electrons. The molecular formula is C25H27ClN2O7. The lowest BCUT2D eigenvalue weighted by atomic mass is 10.1. The van der Waals surface area contributed by atoms with Crippen molar-refractivity contribution in [2.24, 2.45) is 5.92 Å². The van der Waals surface area contributed by atoms with Gasteiger partial charge in [0.1, 0.15) is 5.75 Å². The number of rotatable bonds is 10. The molecule has 0 radical (unpaired) electrons. The number of halogens is 1. The first-order valence-corrected chi connectivity index (χ1v) is 11.6. The Morgan fingerprint density at radius 2 is 1.86 bits per heavy atom. The number of methoxy groups -OCH3 is 1. The average molecular weight is 503 g/mol. The number of anilines is 2. The van der Waals surface area contributed by atoms with Gasteiger partial charge >= 0.3 is 11.9 Å². The number of esters is 2. The van der Waals surface area contributed by atoms with E-state index in [1.54, 1.807) is 42.5 Å². The van der Waals surface area contributed by atoms with Crippen LogP contribution in [-0.4, -0.2) is 50.6 Å². The summed E-state index contributed by atoms with van der Waals surface area (Å²) < 4.78 is 15.6. The van der Waals surface area contributed by atoms with Crippen LogP contribution in [0.5, 0.6) is 5.75 Å². The zero-order chi connectivity index (χ0) is 25.4. The second kappa shape index (κ2) is 12.2. The Hall–Kier alpha value is -3.59. The molecule has 1 fully saturated rings. The third-order valence-electron chi connectivity index (χ3n) is 5.37.